The Hall–Kier alpha value is -2.58. The van der Waals surface area contributed by atoms with Gasteiger partial charge in [-0.3, -0.25) is 4.79 Å². The fourth-order valence-electron chi connectivity index (χ4n) is 2.67. The lowest BCUT2D eigenvalue weighted by molar-refractivity contribution is 0.0950. The van der Waals surface area contributed by atoms with Gasteiger partial charge in [-0.05, 0) is 43.3 Å². The van der Waals surface area contributed by atoms with Crippen LogP contribution in [0.1, 0.15) is 15.4 Å². The Kier molecular flexibility index (Phi) is 7.11. The largest absolute Gasteiger partial charge is 0.493 e. The summed E-state index contributed by atoms with van der Waals surface area (Å²) in [5, 5.41) is 3.63. The molecule has 6 nitrogen and oxygen atoms in total. The number of hydrogen-bond acceptors (Lipinski definition) is 6. The van der Waals surface area contributed by atoms with Crippen molar-refractivity contribution in [1.82, 2.24) is 10.3 Å². The van der Waals surface area contributed by atoms with Crippen LogP contribution in [-0.2, 0) is 0 Å². The summed E-state index contributed by atoms with van der Waals surface area (Å²) in [6.07, 6.45) is 0. The molecule has 0 saturated carbocycles. The van der Waals surface area contributed by atoms with Gasteiger partial charge in [0, 0.05) is 10.0 Å². The molecule has 1 N–H and O–H groups in total. The first-order valence-corrected chi connectivity index (χ1v) is 10.5. The van der Waals surface area contributed by atoms with Gasteiger partial charge in [-0.25, -0.2) is 4.98 Å². The van der Waals surface area contributed by atoms with Crippen LogP contribution in [0.3, 0.4) is 0 Å². The molecular formula is C21H21BrN2O4S. The Labute approximate surface area is 182 Å². The molecule has 0 bridgehead atoms. The van der Waals surface area contributed by atoms with Crippen molar-refractivity contribution in [2.45, 2.75) is 6.92 Å². The molecule has 1 heterocycles. The van der Waals surface area contributed by atoms with Crippen LogP contribution in [0.5, 0.6) is 17.2 Å². The van der Waals surface area contributed by atoms with E-state index in [4.69, 9.17) is 14.2 Å². The van der Waals surface area contributed by atoms with Crippen LogP contribution in [0.2, 0.25) is 0 Å². The lowest BCUT2D eigenvalue weighted by Crippen LogP contribution is -2.27. The van der Waals surface area contributed by atoms with E-state index in [1.165, 1.54) is 11.3 Å². The number of hydrogen-bond donors (Lipinski definition) is 1. The summed E-state index contributed by atoms with van der Waals surface area (Å²) in [5.41, 5.74) is 1.55. The van der Waals surface area contributed by atoms with Gasteiger partial charge < -0.3 is 19.5 Å². The predicted molar refractivity (Wildman–Crippen MR) is 117 cm³/mol. The van der Waals surface area contributed by atoms with E-state index < -0.39 is 0 Å². The number of nitrogens with one attached hydrogen (secondary N) is 1. The van der Waals surface area contributed by atoms with Gasteiger partial charge in [0.2, 0.25) is 0 Å². The van der Waals surface area contributed by atoms with Crippen LogP contribution in [-0.4, -0.2) is 38.3 Å². The zero-order valence-electron chi connectivity index (χ0n) is 16.3. The lowest BCUT2D eigenvalue weighted by atomic mass is 10.2. The molecule has 8 heteroatoms. The van der Waals surface area contributed by atoms with Crippen molar-refractivity contribution in [2.24, 2.45) is 0 Å². The zero-order chi connectivity index (χ0) is 20.8. The Morgan fingerprint density at radius 2 is 1.93 bits per heavy atom. The number of aromatic nitrogens is 1. The molecule has 0 saturated heterocycles. The number of nitrogens with zero attached hydrogens (tertiary/aromatic N) is 1. The summed E-state index contributed by atoms with van der Waals surface area (Å²) in [6, 6.07) is 13.1. The van der Waals surface area contributed by atoms with Crippen LogP contribution < -0.4 is 19.5 Å². The van der Waals surface area contributed by atoms with Gasteiger partial charge in [0.1, 0.15) is 22.2 Å². The summed E-state index contributed by atoms with van der Waals surface area (Å²) in [4.78, 5) is 17.7. The van der Waals surface area contributed by atoms with Gasteiger partial charge in [-0.2, -0.15) is 0 Å². The van der Waals surface area contributed by atoms with Gasteiger partial charge in [-0.1, -0.05) is 22.0 Å². The Morgan fingerprint density at radius 1 is 1.14 bits per heavy atom. The number of carbonyl (C=O) groups is 1. The molecule has 0 aliphatic heterocycles. The number of methoxy groups -OCH3 is 2. The number of ether oxygens (including phenoxy) is 3. The number of amides is 1. The molecule has 0 atom stereocenters. The Balaban J connectivity index is 1.63. The van der Waals surface area contributed by atoms with Gasteiger partial charge in [0.15, 0.2) is 11.5 Å². The van der Waals surface area contributed by atoms with Crippen molar-refractivity contribution in [3.8, 4) is 27.8 Å². The van der Waals surface area contributed by atoms with Crippen LogP contribution >= 0.6 is 27.3 Å². The minimum atomic E-state index is -0.162. The molecule has 29 heavy (non-hydrogen) atoms. The van der Waals surface area contributed by atoms with E-state index in [1.807, 2.05) is 49.4 Å². The molecular weight excluding hydrogens is 456 g/mol. The molecule has 0 unspecified atom stereocenters. The van der Waals surface area contributed by atoms with E-state index in [0.29, 0.717) is 35.2 Å². The number of carbonyl (C=O) groups excluding carboxylic acids is 1. The standard InChI is InChI=1S/C21H21BrN2O4S/c1-13-19(20(25)23-9-10-28-16-6-4-5-15(22)12-16)29-21(24-13)14-7-8-17(26-2)18(11-14)27-3/h4-8,11-12H,9-10H2,1-3H3,(H,23,25). The summed E-state index contributed by atoms with van der Waals surface area (Å²) in [5.74, 6) is 1.85. The first kappa shape index (κ1) is 21.1. The maximum absolute atomic E-state index is 12.6. The van der Waals surface area contributed by atoms with Gasteiger partial charge >= 0.3 is 0 Å². The summed E-state index contributed by atoms with van der Waals surface area (Å²) < 4.78 is 17.2. The fourth-order valence-corrected chi connectivity index (χ4v) is 4.03. The van der Waals surface area contributed by atoms with Crippen molar-refractivity contribution in [3.63, 3.8) is 0 Å². The SMILES string of the molecule is COc1ccc(-c2nc(C)c(C(=O)NCCOc3cccc(Br)c3)s2)cc1OC. The van der Waals surface area contributed by atoms with E-state index in [0.717, 1.165) is 20.8 Å². The highest BCUT2D eigenvalue weighted by Gasteiger charge is 2.17. The number of rotatable bonds is 8. The number of thiazole rings is 1. The first-order valence-electron chi connectivity index (χ1n) is 8.88. The second-order valence-corrected chi connectivity index (χ2v) is 7.98. The third-order valence-electron chi connectivity index (χ3n) is 4.09. The Morgan fingerprint density at radius 3 is 2.66 bits per heavy atom. The van der Waals surface area contributed by atoms with E-state index >= 15 is 0 Å². The number of halogens is 1. The molecule has 3 rings (SSSR count). The molecule has 0 fully saturated rings. The van der Waals surface area contributed by atoms with E-state index in [1.54, 1.807) is 14.2 Å². The zero-order valence-corrected chi connectivity index (χ0v) is 18.7. The van der Waals surface area contributed by atoms with Crippen molar-refractivity contribution in [2.75, 3.05) is 27.4 Å². The van der Waals surface area contributed by atoms with Crippen molar-refractivity contribution in [1.29, 1.82) is 0 Å². The van der Waals surface area contributed by atoms with E-state index in [9.17, 15) is 4.79 Å². The molecule has 0 radical (unpaired) electrons. The normalized spacial score (nSPS) is 10.5. The summed E-state index contributed by atoms with van der Waals surface area (Å²) in [7, 11) is 3.18. The third-order valence-corrected chi connectivity index (χ3v) is 5.78. The quantitative estimate of drug-likeness (QED) is 0.476. The highest BCUT2D eigenvalue weighted by atomic mass is 79.9. The van der Waals surface area contributed by atoms with Crippen LogP contribution in [0.25, 0.3) is 10.6 Å². The fraction of sp³-hybridized carbons (Fsp3) is 0.238. The predicted octanol–water partition coefficient (Wildman–Crippen LogP) is 4.71. The van der Waals surface area contributed by atoms with Gasteiger partial charge in [0.25, 0.3) is 5.91 Å². The van der Waals surface area contributed by atoms with Crippen LogP contribution in [0.4, 0.5) is 0 Å². The molecule has 0 aliphatic rings. The van der Waals surface area contributed by atoms with Crippen LogP contribution in [0.15, 0.2) is 46.9 Å². The minimum absolute atomic E-state index is 0.162. The molecule has 0 aliphatic carbocycles. The van der Waals surface area contributed by atoms with E-state index in [2.05, 4.69) is 26.2 Å². The molecule has 0 spiro atoms. The number of aryl methyl sites for hydroxylation is 1. The molecule has 2 aromatic carbocycles. The van der Waals surface area contributed by atoms with Crippen molar-refractivity contribution >= 4 is 33.2 Å². The van der Waals surface area contributed by atoms with E-state index in [-0.39, 0.29) is 5.91 Å². The topological polar surface area (TPSA) is 69.7 Å². The van der Waals surface area contributed by atoms with Gasteiger partial charge in [0.05, 0.1) is 26.5 Å². The minimum Gasteiger partial charge on any atom is -0.493 e. The smallest absolute Gasteiger partial charge is 0.263 e. The average molecular weight is 477 g/mol. The maximum atomic E-state index is 12.6. The maximum Gasteiger partial charge on any atom is 0.263 e. The molecule has 1 aromatic heterocycles. The lowest BCUT2D eigenvalue weighted by Gasteiger charge is -2.08. The molecule has 3 aromatic rings. The van der Waals surface area contributed by atoms with Crippen LogP contribution in [0, 0.1) is 6.92 Å². The molecule has 1 amide bonds. The monoisotopic (exact) mass is 476 g/mol. The van der Waals surface area contributed by atoms with Gasteiger partial charge in [-0.15, -0.1) is 11.3 Å². The highest BCUT2D eigenvalue weighted by Crippen LogP contribution is 2.34. The molecule has 152 valence electrons. The second-order valence-electron chi connectivity index (χ2n) is 6.07. The summed E-state index contributed by atoms with van der Waals surface area (Å²) >= 11 is 4.74. The summed E-state index contributed by atoms with van der Waals surface area (Å²) in [6.45, 7) is 2.60. The third kappa shape index (κ3) is 5.27. The van der Waals surface area contributed by atoms with Crippen molar-refractivity contribution < 1.29 is 19.0 Å². The average Bonchev–Trinajstić information content (AvgIpc) is 3.12. The van der Waals surface area contributed by atoms with Crippen molar-refractivity contribution in [3.05, 3.63) is 57.5 Å². The second kappa shape index (κ2) is 9.76. The highest BCUT2D eigenvalue weighted by molar-refractivity contribution is 9.10. The number of benzene rings is 2. The first-order chi connectivity index (χ1) is 14.0. The Bertz CT molecular complexity index is 1010.